The maximum absolute atomic E-state index is 10.9. The number of thioether (sulfide) groups is 1. The maximum atomic E-state index is 10.9. The highest BCUT2D eigenvalue weighted by atomic mass is 35.5. The Bertz CT molecular complexity index is 881. The molecule has 0 atom stereocenters. The summed E-state index contributed by atoms with van der Waals surface area (Å²) in [5.74, 6) is -0.390. The molecule has 6 nitrogen and oxygen atoms in total. The monoisotopic (exact) mass is 361 g/mol. The molecule has 0 aliphatic carbocycles. The highest BCUT2D eigenvalue weighted by molar-refractivity contribution is 7.99. The van der Waals surface area contributed by atoms with Gasteiger partial charge >= 0.3 is 5.97 Å². The summed E-state index contributed by atoms with van der Waals surface area (Å²) in [6, 6.07) is 13.7. The number of aromatic hydroxyl groups is 1. The van der Waals surface area contributed by atoms with E-state index in [1.54, 1.807) is 47.0 Å². The Balaban J connectivity index is 2.12. The van der Waals surface area contributed by atoms with Crippen molar-refractivity contribution < 1.29 is 15.0 Å². The minimum Gasteiger partial charge on any atom is -0.508 e. The van der Waals surface area contributed by atoms with Crippen molar-refractivity contribution >= 4 is 29.3 Å². The summed E-state index contributed by atoms with van der Waals surface area (Å²) in [6.45, 7) is 0. The summed E-state index contributed by atoms with van der Waals surface area (Å²) in [5, 5.41) is 27.6. The predicted molar refractivity (Wildman–Crippen MR) is 91.8 cm³/mol. The SMILES string of the molecule is O=C(O)CSc1nnc(-c2ccc(O)cc2)n1-c1cccc(Cl)c1. The molecule has 0 spiro atoms. The van der Waals surface area contributed by atoms with Crippen LogP contribution in [-0.4, -0.2) is 36.7 Å². The van der Waals surface area contributed by atoms with Crippen molar-refractivity contribution in [2.75, 3.05) is 5.75 Å². The lowest BCUT2D eigenvalue weighted by atomic mass is 10.2. The minimum absolute atomic E-state index is 0.131. The predicted octanol–water partition coefficient (Wildman–Crippen LogP) is 3.47. The summed E-state index contributed by atoms with van der Waals surface area (Å²) >= 11 is 7.14. The molecule has 0 radical (unpaired) electrons. The van der Waals surface area contributed by atoms with E-state index in [1.807, 2.05) is 6.07 Å². The van der Waals surface area contributed by atoms with Crippen LogP contribution in [0.5, 0.6) is 5.75 Å². The fourth-order valence-corrected chi connectivity index (χ4v) is 2.99. The van der Waals surface area contributed by atoms with E-state index < -0.39 is 5.97 Å². The number of carbonyl (C=O) groups is 1. The van der Waals surface area contributed by atoms with Gasteiger partial charge in [-0.05, 0) is 42.5 Å². The Labute approximate surface area is 146 Å². The number of carboxylic acid groups (broad SMARTS) is 1. The highest BCUT2D eigenvalue weighted by Gasteiger charge is 2.17. The summed E-state index contributed by atoms with van der Waals surface area (Å²) in [6.07, 6.45) is 0. The van der Waals surface area contributed by atoms with Crippen molar-refractivity contribution in [2.45, 2.75) is 5.16 Å². The number of aliphatic carboxylic acids is 1. The van der Waals surface area contributed by atoms with Crippen molar-refractivity contribution in [3.63, 3.8) is 0 Å². The van der Waals surface area contributed by atoms with Gasteiger partial charge in [0, 0.05) is 10.6 Å². The number of hydrogen-bond acceptors (Lipinski definition) is 5. The van der Waals surface area contributed by atoms with E-state index in [2.05, 4.69) is 10.2 Å². The molecule has 0 bridgehead atoms. The van der Waals surface area contributed by atoms with E-state index >= 15 is 0 Å². The minimum atomic E-state index is -0.938. The second kappa shape index (κ2) is 6.94. The molecule has 1 aromatic heterocycles. The van der Waals surface area contributed by atoms with Gasteiger partial charge in [-0.25, -0.2) is 0 Å². The topological polar surface area (TPSA) is 88.2 Å². The maximum Gasteiger partial charge on any atom is 0.313 e. The normalized spacial score (nSPS) is 10.7. The smallest absolute Gasteiger partial charge is 0.313 e. The van der Waals surface area contributed by atoms with Gasteiger partial charge in [-0.1, -0.05) is 29.4 Å². The molecule has 0 aliphatic heterocycles. The molecule has 122 valence electrons. The largest absolute Gasteiger partial charge is 0.508 e. The van der Waals surface area contributed by atoms with Crippen LogP contribution in [0.1, 0.15) is 0 Å². The molecule has 1 heterocycles. The van der Waals surface area contributed by atoms with Gasteiger partial charge in [0.2, 0.25) is 0 Å². The van der Waals surface area contributed by atoms with Gasteiger partial charge in [-0.15, -0.1) is 10.2 Å². The van der Waals surface area contributed by atoms with Gasteiger partial charge in [0.25, 0.3) is 0 Å². The van der Waals surface area contributed by atoms with E-state index in [-0.39, 0.29) is 11.5 Å². The molecule has 2 N–H and O–H groups in total. The number of carboxylic acids is 1. The van der Waals surface area contributed by atoms with Crippen molar-refractivity contribution in [3.8, 4) is 22.8 Å². The van der Waals surface area contributed by atoms with Crippen molar-refractivity contribution in [1.82, 2.24) is 14.8 Å². The third kappa shape index (κ3) is 3.52. The second-order valence-corrected chi connectivity index (χ2v) is 6.23. The van der Waals surface area contributed by atoms with Crippen LogP contribution in [-0.2, 0) is 4.79 Å². The zero-order chi connectivity index (χ0) is 17.1. The molecule has 3 rings (SSSR count). The zero-order valence-electron chi connectivity index (χ0n) is 12.3. The average Bonchev–Trinajstić information content (AvgIpc) is 2.97. The zero-order valence-corrected chi connectivity index (χ0v) is 13.8. The van der Waals surface area contributed by atoms with Gasteiger partial charge in [0.1, 0.15) is 5.75 Å². The van der Waals surface area contributed by atoms with Crippen LogP contribution >= 0.6 is 23.4 Å². The van der Waals surface area contributed by atoms with E-state index in [4.69, 9.17) is 16.7 Å². The Morgan fingerprint density at radius 2 is 1.92 bits per heavy atom. The molecule has 0 saturated carbocycles. The van der Waals surface area contributed by atoms with E-state index in [0.29, 0.717) is 16.0 Å². The van der Waals surface area contributed by atoms with E-state index in [9.17, 15) is 9.90 Å². The van der Waals surface area contributed by atoms with Gasteiger partial charge in [0.15, 0.2) is 11.0 Å². The molecule has 2 aromatic carbocycles. The number of aromatic nitrogens is 3. The van der Waals surface area contributed by atoms with Crippen LogP contribution in [0.3, 0.4) is 0 Å². The Kier molecular flexibility index (Phi) is 4.73. The Morgan fingerprint density at radius 3 is 2.58 bits per heavy atom. The van der Waals surface area contributed by atoms with Crippen molar-refractivity contribution in [1.29, 1.82) is 0 Å². The number of phenolic OH excluding ortho intramolecular Hbond substituents is 1. The number of hydrogen-bond donors (Lipinski definition) is 2. The summed E-state index contributed by atoms with van der Waals surface area (Å²) in [4.78, 5) is 10.9. The fraction of sp³-hybridized carbons (Fsp3) is 0.0625. The summed E-state index contributed by atoms with van der Waals surface area (Å²) in [5.41, 5.74) is 1.46. The standard InChI is InChI=1S/C16H12ClN3O3S/c17-11-2-1-3-12(8-11)20-15(10-4-6-13(21)7-5-10)18-19-16(20)24-9-14(22)23/h1-8,21H,9H2,(H,22,23). The Hall–Kier alpha value is -2.51. The molecule has 0 aliphatic rings. The molecule has 0 fully saturated rings. The number of phenols is 1. The van der Waals surface area contributed by atoms with Crippen LogP contribution in [0.4, 0.5) is 0 Å². The number of nitrogens with zero attached hydrogens (tertiary/aromatic N) is 3. The van der Waals surface area contributed by atoms with Crippen molar-refractivity contribution in [3.05, 3.63) is 53.6 Å². The fourth-order valence-electron chi connectivity index (χ4n) is 2.14. The first-order chi connectivity index (χ1) is 11.5. The van der Waals surface area contributed by atoms with Crippen LogP contribution in [0.2, 0.25) is 5.02 Å². The van der Waals surface area contributed by atoms with Gasteiger partial charge in [0.05, 0.1) is 11.4 Å². The molecule has 8 heteroatoms. The molecule has 24 heavy (non-hydrogen) atoms. The van der Waals surface area contributed by atoms with Crippen LogP contribution < -0.4 is 0 Å². The first kappa shape index (κ1) is 16.4. The molecule has 0 amide bonds. The lowest BCUT2D eigenvalue weighted by Crippen LogP contribution is -2.03. The van der Waals surface area contributed by atoms with Gasteiger partial charge < -0.3 is 10.2 Å². The van der Waals surface area contributed by atoms with Crippen LogP contribution in [0, 0.1) is 0 Å². The number of rotatable bonds is 5. The lowest BCUT2D eigenvalue weighted by Gasteiger charge is -2.10. The third-order valence-electron chi connectivity index (χ3n) is 3.15. The van der Waals surface area contributed by atoms with Gasteiger partial charge in [-0.2, -0.15) is 0 Å². The third-order valence-corrected chi connectivity index (χ3v) is 4.30. The number of halogens is 1. The molecular weight excluding hydrogens is 350 g/mol. The van der Waals surface area contributed by atoms with Crippen LogP contribution in [0.25, 0.3) is 17.1 Å². The quantitative estimate of drug-likeness (QED) is 0.676. The van der Waals surface area contributed by atoms with Gasteiger partial charge in [-0.3, -0.25) is 9.36 Å². The number of benzene rings is 2. The Morgan fingerprint density at radius 1 is 1.17 bits per heavy atom. The highest BCUT2D eigenvalue weighted by Crippen LogP contribution is 2.29. The first-order valence-corrected chi connectivity index (χ1v) is 8.26. The average molecular weight is 362 g/mol. The lowest BCUT2D eigenvalue weighted by molar-refractivity contribution is -0.133. The van der Waals surface area contributed by atoms with E-state index in [0.717, 1.165) is 23.0 Å². The van der Waals surface area contributed by atoms with Crippen LogP contribution in [0.15, 0.2) is 53.7 Å². The summed E-state index contributed by atoms with van der Waals surface area (Å²) < 4.78 is 1.74. The van der Waals surface area contributed by atoms with E-state index in [1.165, 1.54) is 0 Å². The molecular formula is C16H12ClN3O3S. The summed E-state index contributed by atoms with van der Waals surface area (Å²) in [7, 11) is 0. The second-order valence-electron chi connectivity index (χ2n) is 4.85. The molecule has 0 unspecified atom stereocenters. The first-order valence-electron chi connectivity index (χ1n) is 6.90. The molecule has 0 saturated heterocycles. The van der Waals surface area contributed by atoms with Crippen molar-refractivity contribution in [2.24, 2.45) is 0 Å². The molecule has 3 aromatic rings.